The van der Waals surface area contributed by atoms with Crippen molar-refractivity contribution in [2.75, 3.05) is 13.7 Å². The van der Waals surface area contributed by atoms with Gasteiger partial charge in [-0.2, -0.15) is 13.2 Å². The SMILES string of the molecule is CCOc1ccc(C(=CC(=O)OC)C(F)(F)F)cc1. The van der Waals surface area contributed by atoms with Gasteiger partial charge in [0.05, 0.1) is 19.3 Å². The van der Waals surface area contributed by atoms with Gasteiger partial charge in [0.1, 0.15) is 5.75 Å². The molecule has 104 valence electrons. The largest absolute Gasteiger partial charge is 0.494 e. The highest BCUT2D eigenvalue weighted by atomic mass is 19.4. The fourth-order valence-electron chi connectivity index (χ4n) is 1.40. The van der Waals surface area contributed by atoms with E-state index in [9.17, 15) is 18.0 Å². The number of esters is 1. The minimum Gasteiger partial charge on any atom is -0.494 e. The molecule has 0 aliphatic rings. The molecular formula is C13H13F3O3. The van der Waals surface area contributed by atoms with Crippen LogP contribution in [-0.2, 0) is 9.53 Å². The van der Waals surface area contributed by atoms with Crippen molar-refractivity contribution < 1.29 is 27.4 Å². The molecule has 0 aliphatic carbocycles. The van der Waals surface area contributed by atoms with Gasteiger partial charge < -0.3 is 9.47 Å². The zero-order valence-electron chi connectivity index (χ0n) is 10.5. The van der Waals surface area contributed by atoms with Crippen molar-refractivity contribution in [3.63, 3.8) is 0 Å². The number of methoxy groups -OCH3 is 1. The van der Waals surface area contributed by atoms with Gasteiger partial charge in [-0.3, -0.25) is 0 Å². The minimum absolute atomic E-state index is 0.124. The molecule has 1 rings (SSSR count). The molecule has 0 aliphatic heterocycles. The van der Waals surface area contributed by atoms with Gasteiger partial charge in [0.15, 0.2) is 0 Å². The Bertz CT molecular complexity index is 461. The molecule has 0 heterocycles. The van der Waals surface area contributed by atoms with Gasteiger partial charge in [-0.05, 0) is 24.6 Å². The lowest BCUT2D eigenvalue weighted by Crippen LogP contribution is -2.13. The molecule has 0 bridgehead atoms. The number of carbonyl (C=O) groups excluding carboxylic acids is 1. The summed E-state index contributed by atoms with van der Waals surface area (Å²) in [6.07, 6.45) is -4.21. The van der Waals surface area contributed by atoms with Crippen LogP contribution in [0.25, 0.3) is 5.57 Å². The van der Waals surface area contributed by atoms with E-state index in [0.29, 0.717) is 18.4 Å². The summed E-state index contributed by atoms with van der Waals surface area (Å²) in [6.45, 7) is 2.19. The predicted octanol–water partition coefficient (Wildman–Crippen LogP) is 3.20. The Kier molecular flexibility index (Phi) is 4.97. The fraction of sp³-hybridized carbons (Fsp3) is 0.308. The van der Waals surface area contributed by atoms with Gasteiger partial charge in [0, 0.05) is 6.08 Å². The lowest BCUT2D eigenvalue weighted by atomic mass is 10.1. The summed E-state index contributed by atoms with van der Waals surface area (Å²) in [5, 5.41) is 0. The zero-order valence-corrected chi connectivity index (χ0v) is 10.5. The van der Waals surface area contributed by atoms with Crippen LogP contribution in [-0.4, -0.2) is 25.9 Å². The van der Waals surface area contributed by atoms with Crippen molar-refractivity contribution in [3.8, 4) is 5.75 Å². The number of hydrogen-bond donors (Lipinski definition) is 0. The van der Waals surface area contributed by atoms with E-state index < -0.39 is 17.7 Å². The number of rotatable bonds is 4. The Morgan fingerprint density at radius 3 is 2.26 bits per heavy atom. The summed E-state index contributed by atoms with van der Waals surface area (Å²) < 4.78 is 47.9. The number of benzene rings is 1. The van der Waals surface area contributed by atoms with Crippen molar-refractivity contribution in [2.24, 2.45) is 0 Å². The van der Waals surface area contributed by atoms with E-state index in [0.717, 1.165) is 7.11 Å². The highest BCUT2D eigenvalue weighted by molar-refractivity contribution is 5.92. The van der Waals surface area contributed by atoms with Crippen LogP contribution in [0.15, 0.2) is 30.3 Å². The van der Waals surface area contributed by atoms with Crippen LogP contribution in [0.4, 0.5) is 13.2 Å². The zero-order chi connectivity index (χ0) is 14.5. The highest BCUT2D eigenvalue weighted by Gasteiger charge is 2.35. The highest BCUT2D eigenvalue weighted by Crippen LogP contribution is 2.34. The number of ether oxygens (including phenoxy) is 2. The van der Waals surface area contributed by atoms with Crippen molar-refractivity contribution in [1.29, 1.82) is 0 Å². The van der Waals surface area contributed by atoms with Crippen molar-refractivity contribution in [3.05, 3.63) is 35.9 Å². The van der Waals surface area contributed by atoms with Crippen molar-refractivity contribution in [1.82, 2.24) is 0 Å². The van der Waals surface area contributed by atoms with E-state index >= 15 is 0 Å². The first-order chi connectivity index (χ1) is 8.88. The summed E-state index contributed by atoms with van der Waals surface area (Å²) in [6, 6.07) is 5.31. The van der Waals surface area contributed by atoms with Crippen LogP contribution < -0.4 is 4.74 Å². The predicted molar refractivity (Wildman–Crippen MR) is 63.7 cm³/mol. The second kappa shape index (κ2) is 6.26. The van der Waals surface area contributed by atoms with E-state index in [2.05, 4.69) is 4.74 Å². The van der Waals surface area contributed by atoms with Gasteiger partial charge in [0.2, 0.25) is 0 Å². The Balaban J connectivity index is 3.12. The molecule has 0 amide bonds. The first-order valence-corrected chi connectivity index (χ1v) is 5.48. The fourth-order valence-corrected chi connectivity index (χ4v) is 1.40. The number of hydrogen-bond acceptors (Lipinski definition) is 3. The minimum atomic E-state index is -4.64. The maximum Gasteiger partial charge on any atom is 0.417 e. The second-order valence-corrected chi connectivity index (χ2v) is 3.54. The molecule has 1 aromatic rings. The third-order valence-electron chi connectivity index (χ3n) is 2.25. The maximum absolute atomic E-state index is 12.8. The van der Waals surface area contributed by atoms with E-state index in [1.165, 1.54) is 24.3 Å². The topological polar surface area (TPSA) is 35.5 Å². The van der Waals surface area contributed by atoms with Gasteiger partial charge in [-0.1, -0.05) is 12.1 Å². The molecule has 0 saturated heterocycles. The van der Waals surface area contributed by atoms with Crippen molar-refractivity contribution >= 4 is 11.5 Å². The summed E-state index contributed by atoms with van der Waals surface area (Å²) in [7, 11) is 1.02. The molecule has 0 aromatic heterocycles. The summed E-state index contributed by atoms with van der Waals surface area (Å²) in [5.74, 6) is -0.591. The monoisotopic (exact) mass is 274 g/mol. The quantitative estimate of drug-likeness (QED) is 0.624. The van der Waals surface area contributed by atoms with E-state index in [1.807, 2.05) is 0 Å². The summed E-state index contributed by atoms with van der Waals surface area (Å²) >= 11 is 0. The summed E-state index contributed by atoms with van der Waals surface area (Å²) in [4.78, 5) is 11.0. The number of carbonyl (C=O) groups is 1. The molecule has 0 atom stereocenters. The molecule has 19 heavy (non-hydrogen) atoms. The molecule has 0 unspecified atom stereocenters. The first-order valence-electron chi connectivity index (χ1n) is 5.48. The second-order valence-electron chi connectivity index (χ2n) is 3.54. The lowest BCUT2D eigenvalue weighted by molar-refractivity contribution is -0.135. The molecule has 1 aromatic carbocycles. The van der Waals surface area contributed by atoms with Crippen LogP contribution in [0.2, 0.25) is 0 Å². The third kappa shape index (κ3) is 4.31. The molecule has 6 heteroatoms. The molecule has 3 nitrogen and oxygen atoms in total. The van der Waals surface area contributed by atoms with Crippen LogP contribution in [0.1, 0.15) is 12.5 Å². The van der Waals surface area contributed by atoms with Crippen LogP contribution in [0.3, 0.4) is 0 Å². The van der Waals surface area contributed by atoms with Gasteiger partial charge in [0.25, 0.3) is 0 Å². The average Bonchev–Trinajstić information content (AvgIpc) is 2.36. The van der Waals surface area contributed by atoms with Crippen LogP contribution in [0.5, 0.6) is 5.75 Å². The van der Waals surface area contributed by atoms with E-state index in [4.69, 9.17) is 4.74 Å². The van der Waals surface area contributed by atoms with Crippen LogP contribution in [0, 0.1) is 0 Å². The molecule has 0 N–H and O–H groups in total. The standard InChI is InChI=1S/C13H13F3O3/c1-3-19-10-6-4-9(5-7-10)11(13(14,15)16)8-12(17)18-2/h4-8H,3H2,1-2H3. The van der Waals surface area contributed by atoms with Gasteiger partial charge in [-0.15, -0.1) is 0 Å². The average molecular weight is 274 g/mol. The Labute approximate surface area is 108 Å². The number of alkyl halides is 3. The smallest absolute Gasteiger partial charge is 0.417 e. The molecule has 0 fully saturated rings. The van der Waals surface area contributed by atoms with Gasteiger partial charge >= 0.3 is 12.1 Å². The van der Waals surface area contributed by atoms with Gasteiger partial charge in [-0.25, -0.2) is 4.79 Å². The molecule has 0 radical (unpaired) electrons. The Hall–Kier alpha value is -1.98. The third-order valence-corrected chi connectivity index (χ3v) is 2.25. The van der Waals surface area contributed by atoms with Crippen molar-refractivity contribution in [2.45, 2.75) is 13.1 Å². The van der Waals surface area contributed by atoms with E-state index in [1.54, 1.807) is 6.92 Å². The Morgan fingerprint density at radius 2 is 1.84 bits per heavy atom. The first kappa shape index (κ1) is 15.1. The lowest BCUT2D eigenvalue weighted by Gasteiger charge is -2.12. The molecule has 0 spiro atoms. The summed E-state index contributed by atoms with van der Waals surface area (Å²) in [5.41, 5.74) is -1.18. The van der Waals surface area contributed by atoms with Crippen LogP contribution >= 0.6 is 0 Å². The Morgan fingerprint density at radius 1 is 1.26 bits per heavy atom. The molecular weight excluding hydrogens is 261 g/mol. The molecule has 0 saturated carbocycles. The van der Waals surface area contributed by atoms with E-state index in [-0.39, 0.29) is 5.56 Å². The normalized spacial score (nSPS) is 12.2. The number of halogens is 3. The maximum atomic E-state index is 12.8. The number of allylic oxidation sites excluding steroid dienone is 1.